The number of carbonyl (C=O) groups is 2. The van der Waals surface area contributed by atoms with E-state index in [2.05, 4.69) is 22.6 Å². The summed E-state index contributed by atoms with van der Waals surface area (Å²) in [5.74, 6) is -0.165. The Morgan fingerprint density at radius 1 is 1.02 bits per heavy atom. The molecule has 2 fully saturated rings. The number of nitrogens with one attached hydrogen (secondary N) is 2. The number of likely N-dealkylation sites (tertiary alicyclic amines) is 1. The summed E-state index contributed by atoms with van der Waals surface area (Å²) >= 11 is 0. The first kappa shape index (κ1) is 33.4. The van der Waals surface area contributed by atoms with Crippen molar-refractivity contribution in [3.8, 4) is 17.2 Å². The van der Waals surface area contributed by atoms with Gasteiger partial charge in [0.15, 0.2) is 11.5 Å². The normalized spacial score (nSPS) is 27.9. The second kappa shape index (κ2) is 13.0. The van der Waals surface area contributed by atoms with E-state index in [1.165, 1.54) is 5.56 Å². The van der Waals surface area contributed by atoms with Crippen molar-refractivity contribution in [2.45, 2.75) is 93.8 Å². The zero-order chi connectivity index (χ0) is 34.5. The van der Waals surface area contributed by atoms with Gasteiger partial charge in [-0.15, -0.1) is 0 Å². The van der Waals surface area contributed by atoms with E-state index in [9.17, 15) is 19.8 Å². The number of phenolic OH excluding ortho intramolecular Hbond substituents is 2. The Bertz CT molecular complexity index is 1700. The number of likely N-dealkylation sites (N-methyl/N-ethyl adjacent to an activating group) is 1. The first-order valence-corrected chi connectivity index (χ1v) is 17.4. The predicted molar refractivity (Wildman–Crippen MR) is 183 cm³/mol. The highest BCUT2D eigenvalue weighted by Crippen LogP contribution is 2.66. The van der Waals surface area contributed by atoms with Gasteiger partial charge in [0.05, 0.1) is 17.1 Å². The summed E-state index contributed by atoms with van der Waals surface area (Å²) in [7, 11) is 3.97. The van der Waals surface area contributed by atoms with Crippen molar-refractivity contribution in [2.24, 2.45) is 5.92 Å². The Labute approximate surface area is 287 Å². The molecular weight excluding hydrogens is 622 g/mol. The topological polar surface area (TPSA) is 130 Å². The molecule has 4 N–H and O–H groups in total. The molecule has 10 heteroatoms. The molecule has 2 aliphatic carbocycles. The third kappa shape index (κ3) is 5.54. The standard InChI is InChI=1S/C39H47N3O7/c1-23(2)33(36(45)41-29(20-24-10-13-27(43)14-11-24)37(46)48-22-25-8-6-5-7-9-25)40-28-16-17-39(47-4)31-21-26-12-15-30(44)34-32(26)38(39,35(28)49-34)18-19-42(31)3/h5-15,23,28-29,31,33,35,40,43-44H,16-22H2,1-4H3,(H,41,45)/t28?,29-,31?,33-,35-,38-,39+/m0/s1. The van der Waals surface area contributed by atoms with Crippen molar-refractivity contribution >= 4 is 11.9 Å². The Kier molecular flexibility index (Phi) is 8.83. The van der Waals surface area contributed by atoms with Crippen molar-refractivity contribution in [1.29, 1.82) is 0 Å². The Hall–Kier alpha value is -4.12. The lowest BCUT2D eigenvalue weighted by Crippen LogP contribution is -2.78. The van der Waals surface area contributed by atoms with E-state index in [1.807, 2.05) is 50.2 Å². The van der Waals surface area contributed by atoms with Gasteiger partial charge in [-0.05, 0) is 80.1 Å². The predicted octanol–water partition coefficient (Wildman–Crippen LogP) is 3.99. The highest BCUT2D eigenvalue weighted by atomic mass is 16.5. The van der Waals surface area contributed by atoms with Gasteiger partial charge in [-0.1, -0.05) is 62.4 Å². The smallest absolute Gasteiger partial charge is 0.329 e. The van der Waals surface area contributed by atoms with E-state index >= 15 is 0 Å². The second-order valence-electron chi connectivity index (χ2n) is 14.6. The van der Waals surface area contributed by atoms with Gasteiger partial charge in [-0.2, -0.15) is 0 Å². The number of methoxy groups -OCH3 is 1. The van der Waals surface area contributed by atoms with Crippen LogP contribution in [0.5, 0.6) is 17.2 Å². The number of phenols is 2. The molecule has 3 aromatic carbocycles. The molecule has 2 aliphatic heterocycles. The fourth-order valence-corrected chi connectivity index (χ4v) is 9.26. The van der Waals surface area contributed by atoms with Gasteiger partial charge < -0.3 is 34.6 Å². The Balaban J connectivity index is 1.15. The van der Waals surface area contributed by atoms with Gasteiger partial charge in [0.2, 0.25) is 5.91 Å². The van der Waals surface area contributed by atoms with Crippen LogP contribution in [0, 0.1) is 5.92 Å². The Morgan fingerprint density at radius 2 is 1.78 bits per heavy atom. The minimum absolute atomic E-state index is 0.0868. The van der Waals surface area contributed by atoms with Crippen molar-refractivity contribution in [2.75, 3.05) is 20.7 Å². The van der Waals surface area contributed by atoms with E-state index in [0.717, 1.165) is 42.5 Å². The van der Waals surface area contributed by atoms with E-state index in [0.29, 0.717) is 12.2 Å². The SMILES string of the molecule is CO[C@@]12CCC(N[C@H](C(=O)N[C@@H](Cc3ccc(O)cc3)C(=O)OCc3ccccc3)C(C)C)[C@@H]3Oc4c(O)ccc5c4[C@@]31CCN(C)C2C5. The molecule has 1 saturated carbocycles. The molecule has 1 saturated heterocycles. The number of hydrogen-bond donors (Lipinski definition) is 4. The van der Waals surface area contributed by atoms with Gasteiger partial charge in [0.1, 0.15) is 24.5 Å². The van der Waals surface area contributed by atoms with Crippen molar-refractivity contribution in [3.63, 3.8) is 0 Å². The summed E-state index contributed by atoms with van der Waals surface area (Å²) in [6.07, 6.45) is 2.94. The molecule has 2 unspecified atom stereocenters. The number of carbonyl (C=O) groups excluding carboxylic acids is 2. The van der Waals surface area contributed by atoms with Gasteiger partial charge in [0, 0.05) is 31.2 Å². The maximum atomic E-state index is 14.2. The second-order valence-corrected chi connectivity index (χ2v) is 14.6. The van der Waals surface area contributed by atoms with E-state index in [4.69, 9.17) is 14.2 Å². The molecule has 0 aromatic heterocycles. The molecular formula is C39H47N3O7. The largest absolute Gasteiger partial charge is 0.508 e. The van der Waals surface area contributed by atoms with Crippen LogP contribution >= 0.6 is 0 Å². The van der Waals surface area contributed by atoms with Gasteiger partial charge >= 0.3 is 5.97 Å². The van der Waals surface area contributed by atoms with Crippen LogP contribution in [-0.4, -0.2) is 83.6 Å². The average Bonchev–Trinajstić information content (AvgIpc) is 3.46. The third-order valence-electron chi connectivity index (χ3n) is 11.6. The summed E-state index contributed by atoms with van der Waals surface area (Å²) in [6.45, 7) is 4.93. The lowest BCUT2D eigenvalue weighted by molar-refractivity contribution is -0.204. The van der Waals surface area contributed by atoms with Crippen LogP contribution in [0.3, 0.4) is 0 Å². The number of rotatable bonds is 11. The molecule has 2 bridgehead atoms. The maximum absolute atomic E-state index is 14.2. The van der Waals surface area contributed by atoms with Gasteiger partial charge in [-0.25, -0.2) is 4.79 Å². The van der Waals surface area contributed by atoms with Crippen LogP contribution in [0.1, 0.15) is 55.4 Å². The van der Waals surface area contributed by atoms with Crippen LogP contribution in [0.2, 0.25) is 0 Å². The lowest BCUT2D eigenvalue weighted by Gasteiger charge is -2.65. The quantitative estimate of drug-likeness (QED) is 0.224. The van der Waals surface area contributed by atoms with Crippen LogP contribution in [0.15, 0.2) is 66.7 Å². The summed E-state index contributed by atoms with van der Waals surface area (Å²) in [5, 5.41) is 27.6. The zero-order valence-corrected chi connectivity index (χ0v) is 28.6. The monoisotopic (exact) mass is 669 g/mol. The molecule has 1 amide bonds. The summed E-state index contributed by atoms with van der Waals surface area (Å²) < 4.78 is 19.1. The fourth-order valence-electron chi connectivity index (χ4n) is 9.26. The number of aromatic hydroxyl groups is 2. The maximum Gasteiger partial charge on any atom is 0.329 e. The highest BCUT2D eigenvalue weighted by molar-refractivity contribution is 5.88. The summed E-state index contributed by atoms with van der Waals surface area (Å²) in [6, 6.07) is 18.1. The fraction of sp³-hybridized carbons (Fsp3) is 0.487. The molecule has 10 nitrogen and oxygen atoms in total. The summed E-state index contributed by atoms with van der Waals surface area (Å²) in [4.78, 5) is 30.2. The number of hydrogen-bond acceptors (Lipinski definition) is 9. The van der Waals surface area contributed by atoms with Crippen LogP contribution < -0.4 is 15.4 Å². The number of piperidine rings is 1. The molecule has 260 valence electrons. The highest BCUT2D eigenvalue weighted by Gasteiger charge is 2.73. The lowest BCUT2D eigenvalue weighted by atomic mass is 9.48. The number of esters is 1. The van der Waals surface area contributed by atoms with Crippen LogP contribution in [0.4, 0.5) is 0 Å². The number of nitrogens with zero attached hydrogens (tertiary/aromatic N) is 1. The molecule has 1 spiro atoms. The first-order chi connectivity index (χ1) is 23.6. The summed E-state index contributed by atoms with van der Waals surface area (Å²) in [5.41, 5.74) is 2.89. The number of benzene rings is 3. The first-order valence-electron chi connectivity index (χ1n) is 17.4. The van der Waals surface area contributed by atoms with Crippen molar-refractivity contribution in [3.05, 3.63) is 89.0 Å². The molecule has 49 heavy (non-hydrogen) atoms. The van der Waals surface area contributed by atoms with E-state index in [1.54, 1.807) is 37.4 Å². The van der Waals surface area contributed by atoms with Crippen LogP contribution in [-0.2, 0) is 43.9 Å². The molecule has 7 rings (SSSR count). The molecule has 0 radical (unpaired) electrons. The van der Waals surface area contributed by atoms with Crippen molar-refractivity contribution in [1.82, 2.24) is 15.5 Å². The molecule has 2 heterocycles. The number of amides is 1. The number of ether oxygens (including phenoxy) is 3. The van der Waals surface area contributed by atoms with Crippen molar-refractivity contribution < 1.29 is 34.0 Å². The minimum Gasteiger partial charge on any atom is -0.508 e. The third-order valence-corrected chi connectivity index (χ3v) is 11.6. The molecule has 4 aliphatic rings. The molecule has 7 atom stereocenters. The average molecular weight is 670 g/mol. The minimum atomic E-state index is -0.950. The molecule has 3 aromatic rings. The van der Waals surface area contributed by atoms with Crippen LogP contribution in [0.25, 0.3) is 0 Å². The zero-order valence-electron chi connectivity index (χ0n) is 28.6. The van der Waals surface area contributed by atoms with E-state index < -0.39 is 29.1 Å². The van der Waals surface area contributed by atoms with Gasteiger partial charge in [-0.3, -0.25) is 10.1 Å². The Morgan fingerprint density at radius 3 is 2.49 bits per heavy atom. The van der Waals surface area contributed by atoms with E-state index in [-0.39, 0.29) is 54.5 Å². The van der Waals surface area contributed by atoms with Gasteiger partial charge in [0.25, 0.3) is 0 Å².